The standard InChI is InChI=1S/C71H130O6/c1-4-7-10-13-16-19-22-25-28-31-32-33-34-35-36-37-38-41-43-46-49-52-55-58-61-64-70(73)76-67-68(77-71(74)65-62-59-56-53-50-47-44-40-30-27-24-21-18-15-12-9-6-3)66-75-69(72)63-60-57-54-51-48-45-42-39-29-26-23-20-17-14-11-8-5-2/h22,25-27,29-32,68H,4-21,23-24,28,33-67H2,1-3H3/b25-22-,29-26-,30-27-,32-31-. The molecule has 1 atom stereocenters. The van der Waals surface area contributed by atoms with Gasteiger partial charge in [0.1, 0.15) is 13.2 Å². The topological polar surface area (TPSA) is 78.9 Å². The highest BCUT2D eigenvalue weighted by Gasteiger charge is 2.19. The van der Waals surface area contributed by atoms with Crippen molar-refractivity contribution >= 4 is 17.9 Å². The first-order valence-electron chi connectivity index (χ1n) is 34.1. The van der Waals surface area contributed by atoms with Crippen LogP contribution < -0.4 is 0 Å². The summed E-state index contributed by atoms with van der Waals surface area (Å²) in [6.45, 7) is 6.67. The minimum Gasteiger partial charge on any atom is -0.462 e. The monoisotopic (exact) mass is 1080 g/mol. The van der Waals surface area contributed by atoms with Crippen LogP contribution in [0.1, 0.15) is 367 Å². The number of ether oxygens (including phenoxy) is 3. The van der Waals surface area contributed by atoms with E-state index in [1.807, 2.05) is 0 Å². The lowest BCUT2D eigenvalue weighted by atomic mass is 10.0. The fourth-order valence-electron chi connectivity index (χ4n) is 10.1. The molecule has 0 radical (unpaired) electrons. The molecule has 0 aromatic rings. The van der Waals surface area contributed by atoms with Crippen LogP contribution in [0.3, 0.4) is 0 Å². The van der Waals surface area contributed by atoms with Crippen LogP contribution in [0.25, 0.3) is 0 Å². The van der Waals surface area contributed by atoms with Gasteiger partial charge in [-0.1, -0.05) is 294 Å². The third kappa shape index (κ3) is 64.1. The first kappa shape index (κ1) is 74.4. The van der Waals surface area contributed by atoms with E-state index in [1.165, 1.54) is 263 Å². The predicted octanol–water partition coefficient (Wildman–Crippen LogP) is 23.3. The molecule has 77 heavy (non-hydrogen) atoms. The molecule has 450 valence electrons. The summed E-state index contributed by atoms with van der Waals surface area (Å²) in [5.74, 6) is -0.860. The molecule has 0 bridgehead atoms. The summed E-state index contributed by atoms with van der Waals surface area (Å²) in [5.41, 5.74) is 0. The van der Waals surface area contributed by atoms with Gasteiger partial charge in [0.05, 0.1) is 0 Å². The normalized spacial score (nSPS) is 12.3. The van der Waals surface area contributed by atoms with Crippen LogP contribution in [0.5, 0.6) is 0 Å². The van der Waals surface area contributed by atoms with E-state index in [4.69, 9.17) is 14.2 Å². The molecule has 0 saturated heterocycles. The second-order valence-corrected chi connectivity index (χ2v) is 23.1. The Labute approximate surface area is 479 Å². The molecule has 0 aliphatic rings. The molecule has 0 fully saturated rings. The van der Waals surface area contributed by atoms with Gasteiger partial charge < -0.3 is 14.2 Å². The lowest BCUT2D eigenvalue weighted by molar-refractivity contribution is -0.167. The van der Waals surface area contributed by atoms with Crippen molar-refractivity contribution in [3.8, 4) is 0 Å². The molecular formula is C71H130O6. The second-order valence-electron chi connectivity index (χ2n) is 23.1. The van der Waals surface area contributed by atoms with Gasteiger partial charge in [-0.05, 0) is 103 Å². The Morgan fingerprint density at radius 1 is 0.260 bits per heavy atom. The van der Waals surface area contributed by atoms with E-state index in [0.717, 1.165) is 64.2 Å². The largest absolute Gasteiger partial charge is 0.462 e. The zero-order chi connectivity index (χ0) is 55.7. The highest BCUT2D eigenvalue weighted by atomic mass is 16.6. The van der Waals surface area contributed by atoms with Gasteiger partial charge in [-0.2, -0.15) is 0 Å². The number of allylic oxidation sites excluding steroid dienone is 8. The molecule has 0 heterocycles. The van der Waals surface area contributed by atoms with Crippen LogP contribution in [-0.4, -0.2) is 37.2 Å². The van der Waals surface area contributed by atoms with Gasteiger partial charge in [0.15, 0.2) is 6.10 Å². The van der Waals surface area contributed by atoms with Gasteiger partial charge in [-0.25, -0.2) is 0 Å². The van der Waals surface area contributed by atoms with Gasteiger partial charge in [0.25, 0.3) is 0 Å². The molecule has 0 rings (SSSR count). The second kappa shape index (κ2) is 65.9. The maximum atomic E-state index is 12.9. The molecule has 1 unspecified atom stereocenters. The molecule has 0 N–H and O–H groups in total. The van der Waals surface area contributed by atoms with E-state index < -0.39 is 6.10 Å². The predicted molar refractivity (Wildman–Crippen MR) is 335 cm³/mol. The quantitative estimate of drug-likeness (QED) is 0.0261. The van der Waals surface area contributed by atoms with E-state index >= 15 is 0 Å². The molecule has 0 aromatic heterocycles. The Morgan fingerprint density at radius 2 is 0.468 bits per heavy atom. The van der Waals surface area contributed by atoms with E-state index in [2.05, 4.69) is 69.4 Å². The molecule has 6 nitrogen and oxygen atoms in total. The van der Waals surface area contributed by atoms with Crippen molar-refractivity contribution in [3.63, 3.8) is 0 Å². The summed E-state index contributed by atoms with van der Waals surface area (Å²) in [5, 5.41) is 0. The van der Waals surface area contributed by atoms with Crippen LogP contribution >= 0.6 is 0 Å². The van der Waals surface area contributed by atoms with Crippen molar-refractivity contribution in [1.29, 1.82) is 0 Å². The summed E-state index contributed by atoms with van der Waals surface area (Å²) in [6.07, 6.45) is 82.6. The zero-order valence-corrected chi connectivity index (χ0v) is 51.7. The number of unbranched alkanes of at least 4 members (excludes halogenated alkanes) is 44. The van der Waals surface area contributed by atoms with E-state index in [9.17, 15) is 14.4 Å². The van der Waals surface area contributed by atoms with Crippen LogP contribution in [0.4, 0.5) is 0 Å². The Morgan fingerprint density at radius 3 is 0.727 bits per heavy atom. The summed E-state index contributed by atoms with van der Waals surface area (Å²) < 4.78 is 17.0. The molecule has 0 aromatic carbocycles. The van der Waals surface area contributed by atoms with Crippen LogP contribution in [0.15, 0.2) is 48.6 Å². The average molecular weight is 1080 g/mol. The van der Waals surface area contributed by atoms with Gasteiger partial charge >= 0.3 is 17.9 Å². The fourth-order valence-corrected chi connectivity index (χ4v) is 10.1. The number of hydrogen-bond acceptors (Lipinski definition) is 6. The van der Waals surface area contributed by atoms with E-state index in [-0.39, 0.29) is 31.1 Å². The molecule has 0 spiro atoms. The number of rotatable bonds is 63. The fraction of sp³-hybridized carbons (Fsp3) is 0.845. The summed E-state index contributed by atoms with van der Waals surface area (Å²) in [6, 6.07) is 0. The minimum atomic E-state index is -0.778. The van der Waals surface area contributed by atoms with Crippen molar-refractivity contribution in [2.45, 2.75) is 374 Å². The Hall–Kier alpha value is -2.63. The van der Waals surface area contributed by atoms with Crippen molar-refractivity contribution < 1.29 is 28.6 Å². The molecule has 0 aliphatic heterocycles. The SMILES string of the molecule is CCCCCCC/C=C\C/C=C\CCCCCCCCCCCCCCCC(=O)OCC(COC(=O)CCCCCCCCC/C=C\CCCCCCCC)OC(=O)CCCCCCCCC/C=C\CCCCCCCC. The lowest BCUT2D eigenvalue weighted by Gasteiger charge is -2.18. The highest BCUT2D eigenvalue weighted by molar-refractivity contribution is 5.71. The summed E-state index contributed by atoms with van der Waals surface area (Å²) in [4.78, 5) is 38.4. The Balaban J connectivity index is 4.30. The van der Waals surface area contributed by atoms with Crippen molar-refractivity contribution in [1.82, 2.24) is 0 Å². The van der Waals surface area contributed by atoms with Crippen LogP contribution in [-0.2, 0) is 28.6 Å². The molecule has 6 heteroatoms. The zero-order valence-electron chi connectivity index (χ0n) is 51.7. The van der Waals surface area contributed by atoms with E-state index in [1.54, 1.807) is 0 Å². The molecule has 0 aliphatic carbocycles. The molecule has 0 amide bonds. The molecular weight excluding hydrogens is 949 g/mol. The lowest BCUT2D eigenvalue weighted by Crippen LogP contribution is -2.30. The number of hydrogen-bond donors (Lipinski definition) is 0. The van der Waals surface area contributed by atoms with Gasteiger partial charge in [-0.15, -0.1) is 0 Å². The van der Waals surface area contributed by atoms with Gasteiger partial charge in [-0.3, -0.25) is 14.4 Å². The summed E-state index contributed by atoms with van der Waals surface area (Å²) in [7, 11) is 0. The van der Waals surface area contributed by atoms with Gasteiger partial charge in [0.2, 0.25) is 0 Å². The van der Waals surface area contributed by atoms with Crippen molar-refractivity contribution in [2.24, 2.45) is 0 Å². The number of carbonyl (C=O) groups excluding carboxylic acids is 3. The Kier molecular flexibility index (Phi) is 63.6. The third-order valence-electron chi connectivity index (χ3n) is 15.3. The highest BCUT2D eigenvalue weighted by Crippen LogP contribution is 2.17. The maximum Gasteiger partial charge on any atom is 0.306 e. The number of esters is 3. The van der Waals surface area contributed by atoms with E-state index in [0.29, 0.717) is 19.3 Å². The maximum absolute atomic E-state index is 12.9. The number of carbonyl (C=O) groups is 3. The molecule has 0 saturated carbocycles. The average Bonchev–Trinajstić information content (AvgIpc) is 3.43. The van der Waals surface area contributed by atoms with Gasteiger partial charge in [0, 0.05) is 19.3 Å². The van der Waals surface area contributed by atoms with Crippen molar-refractivity contribution in [2.75, 3.05) is 13.2 Å². The van der Waals surface area contributed by atoms with Crippen LogP contribution in [0, 0.1) is 0 Å². The Bertz CT molecular complexity index is 1330. The third-order valence-corrected chi connectivity index (χ3v) is 15.3. The minimum absolute atomic E-state index is 0.0736. The first-order chi connectivity index (χ1) is 38.0. The van der Waals surface area contributed by atoms with Crippen LogP contribution in [0.2, 0.25) is 0 Å². The van der Waals surface area contributed by atoms with Crippen molar-refractivity contribution in [3.05, 3.63) is 48.6 Å². The first-order valence-corrected chi connectivity index (χ1v) is 34.1. The smallest absolute Gasteiger partial charge is 0.306 e. The summed E-state index contributed by atoms with van der Waals surface area (Å²) >= 11 is 0.